The molecule has 2 atom stereocenters. The van der Waals surface area contributed by atoms with Gasteiger partial charge in [0.15, 0.2) is 11.6 Å². The van der Waals surface area contributed by atoms with E-state index < -0.39 is 11.8 Å². The molecular weight excluding hydrogens is 573 g/mol. The summed E-state index contributed by atoms with van der Waals surface area (Å²) in [6.45, 7) is 2.94. The molecular formula is C31H30FN5O5S. The van der Waals surface area contributed by atoms with Gasteiger partial charge in [0.2, 0.25) is 0 Å². The van der Waals surface area contributed by atoms with Crippen molar-refractivity contribution < 1.29 is 28.5 Å². The van der Waals surface area contributed by atoms with Gasteiger partial charge in [0.1, 0.15) is 29.7 Å². The van der Waals surface area contributed by atoms with Crippen molar-refractivity contribution in [1.82, 2.24) is 19.4 Å². The van der Waals surface area contributed by atoms with Crippen molar-refractivity contribution in [3.63, 3.8) is 0 Å². The van der Waals surface area contributed by atoms with Crippen molar-refractivity contribution in [2.75, 3.05) is 19.7 Å². The summed E-state index contributed by atoms with van der Waals surface area (Å²) in [6, 6.07) is 14.5. The molecule has 222 valence electrons. The number of hydrogen-bond donors (Lipinski definition) is 2. The number of likely N-dealkylation sites (tertiary alicyclic amines) is 1. The number of rotatable bonds is 10. The number of fused-ring (bicyclic) bond motifs is 1. The molecule has 2 aliphatic heterocycles. The average molecular weight is 604 g/mol. The van der Waals surface area contributed by atoms with Crippen molar-refractivity contribution in [3.8, 4) is 17.6 Å². The van der Waals surface area contributed by atoms with E-state index in [-0.39, 0.29) is 41.1 Å². The number of nitrogens with zero attached hydrogens (tertiary/aromatic N) is 5. The number of imidazole rings is 1. The molecule has 0 radical (unpaired) electrons. The molecule has 0 spiro atoms. The van der Waals surface area contributed by atoms with E-state index in [2.05, 4.69) is 9.88 Å². The van der Waals surface area contributed by atoms with Gasteiger partial charge in [-0.15, -0.1) is 0 Å². The average Bonchev–Trinajstić information content (AvgIpc) is 3.33. The summed E-state index contributed by atoms with van der Waals surface area (Å²) >= 11 is 4.86. The van der Waals surface area contributed by atoms with E-state index in [4.69, 9.17) is 37.1 Å². The van der Waals surface area contributed by atoms with E-state index in [0.29, 0.717) is 24.6 Å². The van der Waals surface area contributed by atoms with Gasteiger partial charge in [0, 0.05) is 32.0 Å². The lowest BCUT2D eigenvalue weighted by atomic mass is 10.1. The number of hydrogen-bond acceptors (Lipinski definition) is 9. The summed E-state index contributed by atoms with van der Waals surface area (Å²) in [5.74, 6) is -0.0329. The number of piperidine rings is 1. The Hall–Kier alpha value is -4.18. The lowest BCUT2D eigenvalue weighted by Gasteiger charge is -2.35. The Morgan fingerprint density at radius 1 is 1.19 bits per heavy atom. The maximum Gasteiger partial charge on any atom is 0.335 e. The van der Waals surface area contributed by atoms with E-state index in [1.807, 2.05) is 10.6 Å². The molecule has 0 bridgehead atoms. The molecule has 2 fully saturated rings. The minimum absolute atomic E-state index is 0.0151. The molecule has 4 aromatic rings. The first-order valence-electron chi connectivity index (χ1n) is 14.1. The van der Waals surface area contributed by atoms with Crippen LogP contribution in [0.5, 0.6) is 11.5 Å². The molecule has 12 heteroatoms. The van der Waals surface area contributed by atoms with Crippen LogP contribution in [-0.2, 0) is 17.9 Å². The predicted octanol–water partition coefficient (Wildman–Crippen LogP) is 4.98. The zero-order valence-electron chi connectivity index (χ0n) is 23.2. The highest BCUT2D eigenvalue weighted by Gasteiger charge is 2.31. The molecule has 43 heavy (non-hydrogen) atoms. The fourth-order valence-electron chi connectivity index (χ4n) is 5.36. The SMILES string of the molecule is N#Cc1ccc(OCc2cc(OC3CCN(Cc4nc5ccc(C(=O)O)cc5n4[C@H](S)[C@@H]4CCO4)CC3)ccn2)c(F)c1. The fourth-order valence-corrected chi connectivity index (χ4v) is 5.86. The minimum atomic E-state index is -0.983. The van der Waals surface area contributed by atoms with Crippen molar-refractivity contribution in [2.24, 2.45) is 0 Å². The first-order valence-corrected chi connectivity index (χ1v) is 14.6. The van der Waals surface area contributed by atoms with Crippen LogP contribution in [0, 0.1) is 17.1 Å². The zero-order valence-corrected chi connectivity index (χ0v) is 24.1. The Morgan fingerprint density at radius 3 is 2.70 bits per heavy atom. The van der Waals surface area contributed by atoms with Crippen LogP contribution in [0.15, 0.2) is 54.7 Å². The van der Waals surface area contributed by atoms with E-state index >= 15 is 0 Å². The molecule has 2 saturated heterocycles. The molecule has 2 aromatic carbocycles. The fraction of sp³-hybridized carbons (Fsp3) is 0.355. The number of carbonyl (C=O) groups is 1. The summed E-state index contributed by atoms with van der Waals surface area (Å²) in [5, 5.41) is 18.2. The van der Waals surface area contributed by atoms with Gasteiger partial charge in [0.25, 0.3) is 0 Å². The maximum atomic E-state index is 14.2. The maximum absolute atomic E-state index is 14.2. The molecule has 2 aliphatic rings. The third-order valence-electron chi connectivity index (χ3n) is 7.77. The first kappa shape index (κ1) is 28.9. The summed E-state index contributed by atoms with van der Waals surface area (Å²) in [6.07, 6.45) is 4.11. The van der Waals surface area contributed by atoms with Crippen LogP contribution in [0.3, 0.4) is 0 Å². The van der Waals surface area contributed by atoms with Crippen LogP contribution < -0.4 is 9.47 Å². The monoisotopic (exact) mass is 603 g/mol. The summed E-state index contributed by atoms with van der Waals surface area (Å²) in [4.78, 5) is 23.1. The molecule has 1 N–H and O–H groups in total. The van der Waals surface area contributed by atoms with Crippen LogP contribution in [0.2, 0.25) is 0 Å². The van der Waals surface area contributed by atoms with E-state index in [0.717, 1.165) is 55.3 Å². The Labute approximate surface area is 253 Å². The molecule has 0 unspecified atom stereocenters. The summed E-state index contributed by atoms with van der Waals surface area (Å²) in [5.41, 5.74) is 2.51. The van der Waals surface area contributed by atoms with E-state index in [1.54, 1.807) is 36.5 Å². The van der Waals surface area contributed by atoms with Gasteiger partial charge in [-0.1, -0.05) is 0 Å². The third kappa shape index (κ3) is 6.44. The van der Waals surface area contributed by atoms with Crippen molar-refractivity contribution in [2.45, 2.75) is 50.0 Å². The van der Waals surface area contributed by atoms with Gasteiger partial charge < -0.3 is 23.9 Å². The van der Waals surface area contributed by atoms with Gasteiger partial charge in [0.05, 0.1) is 46.6 Å². The molecule has 0 saturated carbocycles. The largest absolute Gasteiger partial charge is 0.490 e. The number of pyridine rings is 1. The number of aromatic nitrogens is 3. The van der Waals surface area contributed by atoms with Gasteiger partial charge in [-0.3, -0.25) is 9.88 Å². The topological polar surface area (TPSA) is 123 Å². The van der Waals surface area contributed by atoms with Crippen molar-refractivity contribution >= 4 is 29.6 Å². The molecule has 6 rings (SSSR count). The second-order valence-electron chi connectivity index (χ2n) is 10.6. The van der Waals surface area contributed by atoms with Gasteiger partial charge in [-0.25, -0.2) is 14.2 Å². The van der Waals surface area contributed by atoms with E-state index in [9.17, 15) is 14.3 Å². The number of halogens is 1. The molecule has 0 aliphatic carbocycles. The molecule has 2 aromatic heterocycles. The highest BCUT2D eigenvalue weighted by molar-refractivity contribution is 7.80. The number of carboxylic acid groups (broad SMARTS) is 1. The van der Waals surface area contributed by atoms with Gasteiger partial charge in [-0.2, -0.15) is 17.9 Å². The quantitative estimate of drug-likeness (QED) is 0.242. The normalized spacial score (nSPS) is 18.1. The van der Waals surface area contributed by atoms with Crippen LogP contribution in [-0.4, -0.2) is 62.4 Å². The molecule has 4 heterocycles. The van der Waals surface area contributed by atoms with Gasteiger partial charge >= 0.3 is 5.97 Å². The summed E-state index contributed by atoms with van der Waals surface area (Å²) < 4.78 is 33.7. The number of benzene rings is 2. The van der Waals surface area contributed by atoms with Crippen molar-refractivity contribution in [1.29, 1.82) is 5.26 Å². The third-order valence-corrected chi connectivity index (χ3v) is 8.33. The molecule has 10 nitrogen and oxygen atoms in total. The second kappa shape index (κ2) is 12.6. The number of aromatic carboxylic acids is 1. The van der Waals surface area contributed by atoms with Crippen LogP contribution >= 0.6 is 12.6 Å². The van der Waals surface area contributed by atoms with Gasteiger partial charge in [-0.05, 0) is 61.7 Å². The number of ether oxygens (including phenoxy) is 3. The first-order chi connectivity index (χ1) is 20.9. The standard InChI is InChI=1S/C31H30FN5O5S/c32-24-13-19(16-33)1-4-27(24)41-18-21-15-23(5-9-34-21)42-22-6-10-36(11-7-22)17-29-35-25-3-2-20(31(38)39)14-26(25)37(29)30(43)28-8-12-40-28/h1-5,9,13-15,22,28,30,43H,6-8,10-12,17-18H2,(H,38,39)/t28-,30+/m0/s1. The molecule has 0 amide bonds. The number of thiol groups is 1. The Kier molecular flexibility index (Phi) is 8.47. The summed E-state index contributed by atoms with van der Waals surface area (Å²) in [7, 11) is 0. The van der Waals surface area contributed by atoms with E-state index in [1.165, 1.54) is 12.1 Å². The zero-order chi connectivity index (χ0) is 29.9. The lowest BCUT2D eigenvalue weighted by molar-refractivity contribution is -0.0611. The van der Waals surface area contributed by atoms with Crippen molar-refractivity contribution in [3.05, 3.63) is 83.2 Å². The second-order valence-corrected chi connectivity index (χ2v) is 11.2. The highest BCUT2D eigenvalue weighted by atomic mass is 32.1. The van der Waals surface area contributed by atoms with Crippen LogP contribution in [0.25, 0.3) is 11.0 Å². The van der Waals surface area contributed by atoms with Crippen LogP contribution in [0.4, 0.5) is 4.39 Å². The minimum Gasteiger partial charge on any atom is -0.490 e. The predicted molar refractivity (Wildman–Crippen MR) is 158 cm³/mol. The Bertz CT molecular complexity index is 1680. The smallest absolute Gasteiger partial charge is 0.335 e. The Morgan fingerprint density at radius 2 is 2.00 bits per heavy atom. The van der Waals surface area contributed by atoms with Crippen LogP contribution in [0.1, 0.15) is 52.1 Å². The Balaban J connectivity index is 1.08. The number of nitriles is 1. The lowest BCUT2D eigenvalue weighted by Crippen LogP contribution is -2.39. The highest BCUT2D eigenvalue weighted by Crippen LogP contribution is 2.34. The number of carboxylic acids is 1.